The molecule has 0 saturated heterocycles. The molecule has 0 aliphatic heterocycles. The molecule has 3 aliphatic carbocycles. The van der Waals surface area contributed by atoms with E-state index in [9.17, 15) is 9.59 Å². The second kappa shape index (κ2) is 5.71. The fourth-order valence-electron chi connectivity index (χ4n) is 6.88. The summed E-state index contributed by atoms with van der Waals surface area (Å²) in [5, 5.41) is 0. The molecule has 2 fully saturated rings. The van der Waals surface area contributed by atoms with Gasteiger partial charge in [-0.15, -0.1) is 0 Å². The lowest BCUT2D eigenvalue weighted by atomic mass is 9.40. The number of rotatable bonds is 2. The standard InChI is InChI=1S/C22H30O4/c1-5-26-19(24)22(4)17-8-10-20(2)15-13-25-12-14(15)6-7-16(20)21(17,3)11-9-18(22)23/h12-13,16-17H,5-11H2,1-4H3/t16-,17+,20-,21+,22+/m0/s1. The summed E-state index contributed by atoms with van der Waals surface area (Å²) in [5.41, 5.74) is 1.73. The van der Waals surface area contributed by atoms with Gasteiger partial charge < -0.3 is 9.15 Å². The molecule has 3 aliphatic rings. The van der Waals surface area contributed by atoms with Crippen molar-refractivity contribution in [3.05, 3.63) is 23.7 Å². The Hall–Kier alpha value is -1.58. The molecule has 26 heavy (non-hydrogen) atoms. The van der Waals surface area contributed by atoms with E-state index in [1.807, 2.05) is 26.4 Å². The van der Waals surface area contributed by atoms with Crippen LogP contribution in [0.3, 0.4) is 0 Å². The summed E-state index contributed by atoms with van der Waals surface area (Å²) >= 11 is 0. The number of hydrogen-bond donors (Lipinski definition) is 0. The van der Waals surface area contributed by atoms with Gasteiger partial charge in [0, 0.05) is 6.42 Å². The van der Waals surface area contributed by atoms with Crippen molar-refractivity contribution in [2.45, 2.75) is 71.6 Å². The number of fused-ring (bicyclic) bond motifs is 5. The second-order valence-corrected chi connectivity index (χ2v) is 9.26. The number of esters is 1. The largest absolute Gasteiger partial charge is 0.472 e. The number of Topliss-reactive ketones (excluding diaryl/α,β-unsaturated/α-hetero) is 1. The molecule has 0 radical (unpaired) electrons. The lowest BCUT2D eigenvalue weighted by Gasteiger charge is -2.62. The van der Waals surface area contributed by atoms with E-state index in [-0.39, 0.29) is 28.5 Å². The van der Waals surface area contributed by atoms with E-state index < -0.39 is 5.41 Å². The highest BCUT2D eigenvalue weighted by Crippen LogP contribution is 2.66. The molecule has 0 unspecified atom stereocenters. The van der Waals surface area contributed by atoms with Gasteiger partial charge >= 0.3 is 5.97 Å². The van der Waals surface area contributed by atoms with E-state index in [0.717, 1.165) is 32.1 Å². The van der Waals surface area contributed by atoms with E-state index in [2.05, 4.69) is 13.8 Å². The van der Waals surface area contributed by atoms with Gasteiger partial charge in [0.2, 0.25) is 0 Å². The number of ketones is 1. The average Bonchev–Trinajstić information content (AvgIpc) is 3.08. The predicted molar refractivity (Wildman–Crippen MR) is 97.7 cm³/mol. The molecular weight excluding hydrogens is 328 g/mol. The highest BCUT2D eigenvalue weighted by Gasteiger charge is 2.65. The van der Waals surface area contributed by atoms with Crippen molar-refractivity contribution < 1.29 is 18.7 Å². The van der Waals surface area contributed by atoms with Gasteiger partial charge in [0.25, 0.3) is 0 Å². The zero-order valence-corrected chi connectivity index (χ0v) is 16.4. The predicted octanol–water partition coefficient (Wildman–Crippen LogP) is 4.45. The number of carbonyl (C=O) groups excluding carboxylic acids is 2. The maximum atomic E-state index is 12.9. The Labute approximate surface area is 155 Å². The fourth-order valence-corrected chi connectivity index (χ4v) is 6.88. The van der Waals surface area contributed by atoms with Gasteiger partial charge in [-0.05, 0) is 79.7 Å². The maximum absolute atomic E-state index is 12.9. The zero-order chi connectivity index (χ0) is 18.7. The first kappa shape index (κ1) is 17.8. The molecular formula is C22H30O4. The molecule has 1 aromatic heterocycles. The van der Waals surface area contributed by atoms with Gasteiger partial charge in [-0.1, -0.05) is 13.8 Å². The summed E-state index contributed by atoms with van der Waals surface area (Å²) in [6, 6.07) is 0. The van der Waals surface area contributed by atoms with Gasteiger partial charge in [-0.2, -0.15) is 0 Å². The molecule has 1 aromatic rings. The minimum Gasteiger partial charge on any atom is -0.472 e. The number of aryl methyl sites for hydroxylation is 1. The third kappa shape index (κ3) is 2.07. The van der Waals surface area contributed by atoms with Crippen LogP contribution in [0.5, 0.6) is 0 Å². The Morgan fingerprint density at radius 3 is 2.65 bits per heavy atom. The van der Waals surface area contributed by atoms with E-state index >= 15 is 0 Å². The van der Waals surface area contributed by atoms with Crippen LogP contribution >= 0.6 is 0 Å². The SMILES string of the molecule is CCOC(=O)[C@@]1(C)C(=O)CC[C@]2(C)[C@H]3CCc4cocc4[C@]3(C)CC[C@@H]12. The first-order valence-corrected chi connectivity index (χ1v) is 10.0. The summed E-state index contributed by atoms with van der Waals surface area (Å²) < 4.78 is 10.9. The highest BCUT2D eigenvalue weighted by atomic mass is 16.5. The van der Waals surface area contributed by atoms with Gasteiger partial charge in [0.1, 0.15) is 11.2 Å². The molecule has 2 saturated carbocycles. The molecule has 4 heteroatoms. The number of ether oxygens (including phenoxy) is 1. The first-order valence-electron chi connectivity index (χ1n) is 10.0. The molecule has 4 rings (SSSR count). The monoisotopic (exact) mass is 358 g/mol. The van der Waals surface area contributed by atoms with Crippen molar-refractivity contribution in [2.24, 2.45) is 22.7 Å². The molecule has 142 valence electrons. The van der Waals surface area contributed by atoms with E-state index in [4.69, 9.17) is 9.15 Å². The quantitative estimate of drug-likeness (QED) is 0.579. The molecule has 0 spiro atoms. The minimum absolute atomic E-state index is 0.0304. The van der Waals surface area contributed by atoms with Gasteiger partial charge in [0.15, 0.2) is 0 Å². The van der Waals surface area contributed by atoms with Crippen LogP contribution < -0.4 is 0 Å². The molecule has 4 nitrogen and oxygen atoms in total. The number of hydrogen-bond acceptors (Lipinski definition) is 4. The van der Waals surface area contributed by atoms with Crippen molar-refractivity contribution in [2.75, 3.05) is 6.61 Å². The third-order valence-electron chi connectivity index (χ3n) is 8.24. The summed E-state index contributed by atoms with van der Waals surface area (Å²) in [4.78, 5) is 25.8. The van der Waals surface area contributed by atoms with E-state index in [1.165, 1.54) is 11.1 Å². The Morgan fingerprint density at radius 1 is 1.15 bits per heavy atom. The highest BCUT2D eigenvalue weighted by molar-refractivity contribution is 6.04. The van der Waals surface area contributed by atoms with E-state index in [1.54, 1.807) is 0 Å². The molecule has 5 atom stereocenters. The average molecular weight is 358 g/mol. The smallest absolute Gasteiger partial charge is 0.319 e. The molecule has 1 heterocycles. The Bertz CT molecular complexity index is 749. The molecule has 0 amide bonds. The van der Waals surface area contributed by atoms with Crippen molar-refractivity contribution in [1.29, 1.82) is 0 Å². The summed E-state index contributed by atoms with van der Waals surface area (Å²) in [6.45, 7) is 8.68. The van der Waals surface area contributed by atoms with Crippen LogP contribution in [0, 0.1) is 22.7 Å². The van der Waals surface area contributed by atoms with Crippen LogP contribution in [-0.4, -0.2) is 18.4 Å². The lowest BCUT2D eigenvalue weighted by Crippen LogP contribution is -2.62. The minimum atomic E-state index is -0.999. The van der Waals surface area contributed by atoms with Crippen molar-refractivity contribution in [3.8, 4) is 0 Å². The molecule has 0 N–H and O–H groups in total. The van der Waals surface area contributed by atoms with Gasteiger partial charge in [0.05, 0.1) is 19.1 Å². The summed E-state index contributed by atoms with van der Waals surface area (Å²) in [7, 11) is 0. The Balaban J connectivity index is 1.78. The van der Waals surface area contributed by atoms with Crippen LogP contribution in [0.25, 0.3) is 0 Å². The molecule has 0 aromatic carbocycles. The zero-order valence-electron chi connectivity index (χ0n) is 16.4. The van der Waals surface area contributed by atoms with Crippen LogP contribution in [0.2, 0.25) is 0 Å². The van der Waals surface area contributed by atoms with Gasteiger partial charge in [-0.3, -0.25) is 9.59 Å². The number of carbonyl (C=O) groups is 2. The Kier molecular flexibility index (Phi) is 3.91. The second-order valence-electron chi connectivity index (χ2n) is 9.26. The van der Waals surface area contributed by atoms with Crippen molar-refractivity contribution >= 4 is 11.8 Å². The maximum Gasteiger partial charge on any atom is 0.319 e. The summed E-state index contributed by atoms with van der Waals surface area (Å²) in [6.07, 6.45) is 9.19. The normalized spacial score (nSPS) is 41.8. The van der Waals surface area contributed by atoms with Crippen molar-refractivity contribution in [3.63, 3.8) is 0 Å². The van der Waals surface area contributed by atoms with E-state index in [0.29, 0.717) is 18.9 Å². The Morgan fingerprint density at radius 2 is 1.92 bits per heavy atom. The fraction of sp³-hybridized carbons (Fsp3) is 0.727. The van der Waals surface area contributed by atoms with Crippen LogP contribution in [-0.2, 0) is 26.2 Å². The van der Waals surface area contributed by atoms with Crippen LogP contribution in [0.15, 0.2) is 16.9 Å². The lowest BCUT2D eigenvalue weighted by molar-refractivity contribution is -0.181. The summed E-state index contributed by atoms with van der Waals surface area (Å²) in [5.74, 6) is 0.272. The van der Waals surface area contributed by atoms with Crippen molar-refractivity contribution in [1.82, 2.24) is 0 Å². The third-order valence-corrected chi connectivity index (χ3v) is 8.24. The van der Waals surface area contributed by atoms with Gasteiger partial charge in [-0.25, -0.2) is 0 Å². The first-order chi connectivity index (χ1) is 12.3. The van der Waals surface area contributed by atoms with Crippen LogP contribution in [0.1, 0.15) is 70.9 Å². The van der Waals surface area contributed by atoms with Crippen LogP contribution in [0.4, 0.5) is 0 Å². The molecule has 0 bridgehead atoms. The number of furan rings is 1. The topological polar surface area (TPSA) is 56.5 Å².